The van der Waals surface area contributed by atoms with Gasteiger partial charge in [0, 0.05) is 12.0 Å². The largest absolute Gasteiger partial charge is 0.493 e. The highest BCUT2D eigenvalue weighted by Gasteiger charge is 2.09. The maximum atomic E-state index is 12.1. The van der Waals surface area contributed by atoms with Gasteiger partial charge < -0.3 is 4.74 Å². The maximum Gasteiger partial charge on any atom is 0.250 e. The van der Waals surface area contributed by atoms with Crippen molar-refractivity contribution in [2.24, 2.45) is 5.10 Å². The van der Waals surface area contributed by atoms with Crippen molar-refractivity contribution in [1.82, 2.24) is 15.6 Å². The van der Waals surface area contributed by atoms with Gasteiger partial charge in [-0.2, -0.15) is 5.10 Å². The Balaban J connectivity index is 1.17. The van der Waals surface area contributed by atoms with Gasteiger partial charge in [-0.05, 0) is 35.4 Å². The van der Waals surface area contributed by atoms with Crippen LogP contribution in [0.3, 0.4) is 0 Å². The fourth-order valence-electron chi connectivity index (χ4n) is 2.89. The van der Waals surface area contributed by atoms with E-state index in [1.54, 1.807) is 6.21 Å². The van der Waals surface area contributed by atoms with Crippen molar-refractivity contribution in [3.63, 3.8) is 0 Å². The Hall–Kier alpha value is -3.49. The van der Waals surface area contributed by atoms with Crippen LogP contribution in [0.25, 0.3) is 10.6 Å². The number of nitrogens with zero attached hydrogens (tertiary/aromatic N) is 3. The molecule has 0 atom stereocenters. The van der Waals surface area contributed by atoms with E-state index in [9.17, 15) is 4.79 Å². The number of thioether (sulfide) groups is 1. The average Bonchev–Trinajstić information content (AvgIpc) is 3.34. The van der Waals surface area contributed by atoms with Crippen LogP contribution in [-0.2, 0) is 11.2 Å². The third-order valence-electron chi connectivity index (χ3n) is 4.54. The SMILES string of the molecule is O=C(CSc1nnc(-c2ccccc2)s1)NN=Cc1ccc(OCCc2ccccc2)cc1. The van der Waals surface area contributed by atoms with E-state index in [-0.39, 0.29) is 11.7 Å². The molecular formula is C25H22N4O2S2. The Morgan fingerprint density at radius 2 is 1.70 bits per heavy atom. The number of ether oxygens (including phenoxy) is 1. The van der Waals surface area contributed by atoms with E-state index < -0.39 is 0 Å². The van der Waals surface area contributed by atoms with E-state index in [0.717, 1.165) is 32.6 Å². The van der Waals surface area contributed by atoms with Crippen molar-refractivity contribution in [2.45, 2.75) is 10.8 Å². The van der Waals surface area contributed by atoms with Gasteiger partial charge in [-0.15, -0.1) is 10.2 Å². The Morgan fingerprint density at radius 1 is 0.970 bits per heavy atom. The lowest BCUT2D eigenvalue weighted by Gasteiger charge is -2.06. The molecule has 33 heavy (non-hydrogen) atoms. The van der Waals surface area contributed by atoms with Crippen LogP contribution >= 0.6 is 23.1 Å². The van der Waals surface area contributed by atoms with Crippen LogP contribution in [0.5, 0.6) is 5.75 Å². The summed E-state index contributed by atoms with van der Waals surface area (Å²) in [5.74, 6) is 0.818. The molecule has 0 saturated heterocycles. The number of carbonyl (C=O) groups excluding carboxylic acids is 1. The van der Waals surface area contributed by atoms with Crippen LogP contribution in [0.15, 0.2) is 94.4 Å². The summed E-state index contributed by atoms with van der Waals surface area (Å²) < 4.78 is 6.53. The number of nitrogens with one attached hydrogen (secondary N) is 1. The number of rotatable bonds is 10. The summed E-state index contributed by atoms with van der Waals surface area (Å²) in [6.07, 6.45) is 2.47. The molecule has 0 bridgehead atoms. The number of amides is 1. The molecule has 0 aliphatic rings. The first-order valence-electron chi connectivity index (χ1n) is 10.4. The van der Waals surface area contributed by atoms with Crippen LogP contribution in [0, 0.1) is 0 Å². The van der Waals surface area contributed by atoms with E-state index in [1.807, 2.05) is 72.8 Å². The fourth-order valence-corrected chi connectivity index (χ4v) is 4.53. The normalized spacial score (nSPS) is 10.9. The topological polar surface area (TPSA) is 76.5 Å². The van der Waals surface area contributed by atoms with E-state index in [2.05, 4.69) is 32.9 Å². The molecule has 0 aliphatic carbocycles. The maximum absolute atomic E-state index is 12.1. The predicted octanol–water partition coefficient (Wildman–Crippen LogP) is 5.07. The number of aromatic nitrogens is 2. The zero-order chi connectivity index (χ0) is 22.7. The smallest absolute Gasteiger partial charge is 0.250 e. The highest BCUT2D eigenvalue weighted by molar-refractivity contribution is 8.01. The molecule has 0 saturated carbocycles. The van der Waals surface area contributed by atoms with E-state index in [1.165, 1.54) is 28.7 Å². The van der Waals surface area contributed by atoms with Crippen molar-refractivity contribution < 1.29 is 9.53 Å². The van der Waals surface area contributed by atoms with Crippen molar-refractivity contribution in [3.05, 3.63) is 96.1 Å². The molecule has 3 aromatic carbocycles. The van der Waals surface area contributed by atoms with Crippen LogP contribution < -0.4 is 10.2 Å². The summed E-state index contributed by atoms with van der Waals surface area (Å²) in [5, 5.41) is 13.2. The molecule has 4 rings (SSSR count). The lowest BCUT2D eigenvalue weighted by Crippen LogP contribution is -2.19. The molecule has 1 aromatic heterocycles. The van der Waals surface area contributed by atoms with E-state index >= 15 is 0 Å². The molecule has 0 fully saturated rings. The second-order valence-electron chi connectivity index (χ2n) is 6.97. The van der Waals surface area contributed by atoms with Crippen molar-refractivity contribution in [1.29, 1.82) is 0 Å². The van der Waals surface area contributed by atoms with Gasteiger partial charge >= 0.3 is 0 Å². The summed E-state index contributed by atoms with van der Waals surface area (Å²) in [7, 11) is 0. The molecule has 0 radical (unpaired) electrons. The molecule has 0 spiro atoms. The molecular weight excluding hydrogens is 452 g/mol. The van der Waals surface area contributed by atoms with E-state index in [4.69, 9.17) is 4.74 Å². The standard InChI is InChI=1S/C25H22N4O2S2/c30-23(18-32-25-29-28-24(33-25)21-9-5-2-6-10-21)27-26-17-20-11-13-22(14-12-20)31-16-15-19-7-3-1-4-8-19/h1-14,17H,15-16,18H2,(H,27,30). The zero-order valence-electron chi connectivity index (χ0n) is 17.8. The molecule has 0 aliphatic heterocycles. The van der Waals surface area contributed by atoms with Gasteiger partial charge in [0.05, 0.1) is 18.6 Å². The predicted molar refractivity (Wildman–Crippen MR) is 134 cm³/mol. The van der Waals surface area contributed by atoms with Gasteiger partial charge in [-0.1, -0.05) is 83.8 Å². The lowest BCUT2D eigenvalue weighted by atomic mass is 10.2. The highest BCUT2D eigenvalue weighted by Crippen LogP contribution is 2.28. The highest BCUT2D eigenvalue weighted by atomic mass is 32.2. The molecule has 1 N–H and O–H groups in total. The third-order valence-corrected chi connectivity index (χ3v) is 6.64. The van der Waals surface area contributed by atoms with Gasteiger partial charge in [0.1, 0.15) is 10.8 Å². The first-order valence-corrected chi connectivity index (χ1v) is 12.2. The quantitative estimate of drug-likeness (QED) is 0.197. The lowest BCUT2D eigenvalue weighted by molar-refractivity contribution is -0.118. The summed E-state index contributed by atoms with van der Waals surface area (Å²) in [5.41, 5.74) is 5.68. The summed E-state index contributed by atoms with van der Waals surface area (Å²) >= 11 is 2.81. The number of benzene rings is 3. The van der Waals surface area contributed by atoms with Crippen LogP contribution in [-0.4, -0.2) is 34.7 Å². The Labute approximate surface area is 200 Å². The molecule has 166 valence electrons. The van der Waals surface area contributed by atoms with Gasteiger partial charge in [0.25, 0.3) is 5.91 Å². The van der Waals surface area contributed by atoms with Crippen LogP contribution in [0.1, 0.15) is 11.1 Å². The molecule has 4 aromatic rings. The van der Waals surface area contributed by atoms with Crippen molar-refractivity contribution in [3.8, 4) is 16.3 Å². The molecule has 1 heterocycles. The minimum Gasteiger partial charge on any atom is -0.493 e. The molecule has 0 unspecified atom stereocenters. The van der Waals surface area contributed by atoms with Gasteiger partial charge in [-0.25, -0.2) is 5.43 Å². The van der Waals surface area contributed by atoms with Crippen LogP contribution in [0.4, 0.5) is 0 Å². The Morgan fingerprint density at radius 3 is 2.45 bits per heavy atom. The number of hydrazone groups is 1. The minimum atomic E-state index is -0.200. The summed E-state index contributed by atoms with van der Waals surface area (Å²) in [6.45, 7) is 0.618. The Kier molecular flexibility index (Phi) is 8.21. The number of carbonyl (C=O) groups is 1. The average molecular weight is 475 g/mol. The molecule has 6 nitrogen and oxygen atoms in total. The van der Waals surface area contributed by atoms with E-state index in [0.29, 0.717) is 6.61 Å². The number of hydrogen-bond donors (Lipinski definition) is 1. The van der Waals surface area contributed by atoms with Crippen molar-refractivity contribution >= 4 is 35.2 Å². The zero-order valence-corrected chi connectivity index (χ0v) is 19.4. The van der Waals surface area contributed by atoms with Crippen LogP contribution in [0.2, 0.25) is 0 Å². The summed E-state index contributed by atoms with van der Waals surface area (Å²) in [4.78, 5) is 12.1. The summed E-state index contributed by atoms with van der Waals surface area (Å²) in [6, 6.07) is 27.7. The third kappa shape index (κ3) is 7.27. The minimum absolute atomic E-state index is 0.200. The first-order chi connectivity index (χ1) is 16.3. The fraction of sp³-hybridized carbons (Fsp3) is 0.120. The van der Waals surface area contributed by atoms with Gasteiger partial charge in [0.2, 0.25) is 0 Å². The molecule has 1 amide bonds. The second-order valence-corrected chi connectivity index (χ2v) is 9.17. The monoisotopic (exact) mass is 474 g/mol. The number of hydrogen-bond acceptors (Lipinski definition) is 7. The van der Waals surface area contributed by atoms with Crippen molar-refractivity contribution in [2.75, 3.05) is 12.4 Å². The Bertz CT molecular complexity index is 1180. The molecule has 8 heteroatoms. The first kappa shape index (κ1) is 22.7. The second kappa shape index (κ2) is 11.9. The van der Waals surface area contributed by atoms with Gasteiger partial charge in [-0.3, -0.25) is 4.79 Å². The van der Waals surface area contributed by atoms with Gasteiger partial charge in [0.15, 0.2) is 4.34 Å².